The molecule has 2 N–H and O–H groups in total. The number of nitrogens with zero attached hydrogens (tertiary/aromatic N) is 1. The predicted octanol–water partition coefficient (Wildman–Crippen LogP) is 3.16. The van der Waals surface area contributed by atoms with Crippen LogP contribution in [0.2, 0.25) is 5.02 Å². The summed E-state index contributed by atoms with van der Waals surface area (Å²) < 4.78 is 0. The number of nitrogens with one attached hydrogen (secondary N) is 1. The smallest absolute Gasteiger partial charge is 0.335 e. The fraction of sp³-hybridized carbons (Fsp3) is 0. The highest BCUT2D eigenvalue weighted by Crippen LogP contribution is 2.20. The van der Waals surface area contributed by atoms with Gasteiger partial charge in [0.1, 0.15) is 0 Å². The Balaban J connectivity index is 2.23. The summed E-state index contributed by atoms with van der Waals surface area (Å²) in [6, 6.07) is 12.1. The molecule has 2 rings (SSSR count). The number of carboxylic acids is 1. The van der Waals surface area contributed by atoms with Gasteiger partial charge in [0, 0.05) is 16.3 Å². The molecule has 0 unspecified atom stereocenters. The van der Waals surface area contributed by atoms with Gasteiger partial charge in [0.25, 0.3) is 5.91 Å². The molecule has 5 nitrogen and oxygen atoms in total. The maximum atomic E-state index is 12.0. The first-order chi connectivity index (χ1) is 9.99. The van der Waals surface area contributed by atoms with Crippen LogP contribution in [0.5, 0.6) is 0 Å². The van der Waals surface area contributed by atoms with E-state index in [9.17, 15) is 9.59 Å². The summed E-state index contributed by atoms with van der Waals surface area (Å²) in [7, 11) is 0. The first-order valence-corrected chi connectivity index (χ1v) is 6.23. The zero-order valence-corrected chi connectivity index (χ0v) is 11.4. The summed E-state index contributed by atoms with van der Waals surface area (Å²) in [4.78, 5) is 23.0. The zero-order valence-electron chi connectivity index (χ0n) is 10.6. The van der Waals surface area contributed by atoms with Crippen LogP contribution < -0.4 is 5.32 Å². The topological polar surface area (TPSA) is 90.2 Å². The number of aromatic carboxylic acids is 1. The fourth-order valence-corrected chi connectivity index (χ4v) is 1.92. The molecule has 0 aliphatic carbocycles. The Labute approximate surface area is 125 Å². The average molecular weight is 301 g/mol. The Hall–Kier alpha value is -2.84. The minimum Gasteiger partial charge on any atom is -0.478 e. The summed E-state index contributed by atoms with van der Waals surface area (Å²) in [6.07, 6.45) is 0. The standard InChI is InChI=1S/C15H9ClN2O3/c16-12-5-11(15(20)21)6-13(7-12)18-14(19)10-3-1-9(8-17)2-4-10/h1-7H,(H,18,19)(H,20,21). The van der Waals surface area contributed by atoms with Crippen molar-refractivity contribution in [3.8, 4) is 6.07 Å². The van der Waals surface area contributed by atoms with E-state index in [1.807, 2.05) is 6.07 Å². The Bertz CT molecular complexity index is 749. The van der Waals surface area contributed by atoms with Gasteiger partial charge in [-0.1, -0.05) is 11.6 Å². The van der Waals surface area contributed by atoms with E-state index < -0.39 is 11.9 Å². The molecule has 0 atom stereocenters. The normalized spacial score (nSPS) is 9.71. The molecule has 0 fully saturated rings. The van der Waals surface area contributed by atoms with Crippen molar-refractivity contribution in [3.05, 3.63) is 64.2 Å². The quantitative estimate of drug-likeness (QED) is 0.911. The maximum absolute atomic E-state index is 12.0. The number of rotatable bonds is 3. The van der Waals surface area contributed by atoms with Crippen molar-refractivity contribution in [3.63, 3.8) is 0 Å². The molecule has 2 aromatic carbocycles. The summed E-state index contributed by atoms with van der Waals surface area (Å²) >= 11 is 5.81. The Morgan fingerprint density at radius 3 is 2.33 bits per heavy atom. The molecular formula is C15H9ClN2O3. The van der Waals surface area contributed by atoms with Crippen molar-refractivity contribution in [2.45, 2.75) is 0 Å². The molecule has 0 saturated carbocycles. The van der Waals surface area contributed by atoms with Gasteiger partial charge in [-0.2, -0.15) is 5.26 Å². The molecule has 104 valence electrons. The molecular weight excluding hydrogens is 292 g/mol. The van der Waals surface area contributed by atoms with Gasteiger partial charge in [-0.3, -0.25) is 4.79 Å². The van der Waals surface area contributed by atoms with Crippen LogP contribution in [0.25, 0.3) is 0 Å². The van der Waals surface area contributed by atoms with Crippen molar-refractivity contribution < 1.29 is 14.7 Å². The number of carbonyl (C=O) groups excluding carboxylic acids is 1. The van der Waals surface area contributed by atoms with E-state index in [0.717, 1.165) is 0 Å². The lowest BCUT2D eigenvalue weighted by molar-refractivity contribution is 0.0696. The summed E-state index contributed by atoms with van der Waals surface area (Å²) in [5.74, 6) is -1.55. The van der Waals surface area contributed by atoms with Crippen molar-refractivity contribution in [2.24, 2.45) is 0 Å². The lowest BCUT2D eigenvalue weighted by Gasteiger charge is -2.07. The third-order valence-corrected chi connectivity index (χ3v) is 2.90. The van der Waals surface area contributed by atoms with Crippen LogP contribution in [0.1, 0.15) is 26.3 Å². The summed E-state index contributed by atoms with van der Waals surface area (Å²) in [5.41, 5.74) is 1.07. The Morgan fingerprint density at radius 2 is 1.76 bits per heavy atom. The van der Waals surface area contributed by atoms with Gasteiger partial charge >= 0.3 is 5.97 Å². The minimum atomic E-state index is -1.13. The largest absolute Gasteiger partial charge is 0.478 e. The predicted molar refractivity (Wildman–Crippen MR) is 77.5 cm³/mol. The third kappa shape index (κ3) is 3.59. The lowest BCUT2D eigenvalue weighted by Crippen LogP contribution is -2.12. The number of amides is 1. The second-order valence-corrected chi connectivity index (χ2v) is 4.61. The van der Waals surface area contributed by atoms with Crippen LogP contribution >= 0.6 is 11.6 Å². The minimum absolute atomic E-state index is 0.0161. The van der Waals surface area contributed by atoms with Crippen LogP contribution in [0.4, 0.5) is 5.69 Å². The van der Waals surface area contributed by atoms with Crippen molar-refractivity contribution in [2.75, 3.05) is 5.32 Å². The van der Waals surface area contributed by atoms with Gasteiger partial charge in [-0.05, 0) is 42.5 Å². The van der Waals surface area contributed by atoms with Gasteiger partial charge in [-0.25, -0.2) is 4.79 Å². The van der Waals surface area contributed by atoms with E-state index in [0.29, 0.717) is 11.1 Å². The molecule has 1 amide bonds. The van der Waals surface area contributed by atoms with Crippen LogP contribution in [0, 0.1) is 11.3 Å². The molecule has 0 aliphatic heterocycles. The Morgan fingerprint density at radius 1 is 1.10 bits per heavy atom. The van der Waals surface area contributed by atoms with Crippen LogP contribution in [0.15, 0.2) is 42.5 Å². The number of hydrogen-bond donors (Lipinski definition) is 2. The van der Waals surface area contributed by atoms with Gasteiger partial charge in [-0.15, -0.1) is 0 Å². The van der Waals surface area contributed by atoms with E-state index in [1.165, 1.54) is 42.5 Å². The molecule has 0 heterocycles. The third-order valence-electron chi connectivity index (χ3n) is 2.68. The average Bonchev–Trinajstić information content (AvgIpc) is 2.46. The number of anilines is 1. The lowest BCUT2D eigenvalue weighted by atomic mass is 10.1. The number of benzene rings is 2. The molecule has 0 aliphatic rings. The first-order valence-electron chi connectivity index (χ1n) is 5.85. The monoisotopic (exact) mass is 300 g/mol. The van der Waals surface area contributed by atoms with Gasteiger partial charge in [0.05, 0.1) is 17.2 Å². The van der Waals surface area contributed by atoms with Gasteiger partial charge in [0.2, 0.25) is 0 Å². The summed E-state index contributed by atoms with van der Waals surface area (Å²) in [5, 5.41) is 20.4. The van der Waals surface area contributed by atoms with E-state index in [4.69, 9.17) is 22.0 Å². The zero-order chi connectivity index (χ0) is 15.4. The molecule has 0 radical (unpaired) electrons. The maximum Gasteiger partial charge on any atom is 0.335 e. The fourth-order valence-electron chi connectivity index (χ4n) is 1.68. The highest BCUT2D eigenvalue weighted by molar-refractivity contribution is 6.31. The highest BCUT2D eigenvalue weighted by atomic mass is 35.5. The van der Waals surface area contributed by atoms with E-state index in [1.54, 1.807) is 0 Å². The number of hydrogen-bond acceptors (Lipinski definition) is 3. The number of carbonyl (C=O) groups is 2. The van der Waals surface area contributed by atoms with Gasteiger partial charge < -0.3 is 10.4 Å². The van der Waals surface area contributed by atoms with Crippen molar-refractivity contribution in [1.29, 1.82) is 5.26 Å². The van der Waals surface area contributed by atoms with Crippen LogP contribution in [0.3, 0.4) is 0 Å². The highest BCUT2D eigenvalue weighted by Gasteiger charge is 2.10. The summed E-state index contributed by atoms with van der Waals surface area (Å²) in [6.45, 7) is 0. The number of carboxylic acid groups (broad SMARTS) is 1. The molecule has 2 aromatic rings. The van der Waals surface area contributed by atoms with Crippen molar-refractivity contribution in [1.82, 2.24) is 0 Å². The van der Waals surface area contributed by atoms with E-state index in [-0.39, 0.29) is 16.3 Å². The number of halogens is 1. The molecule has 0 spiro atoms. The molecule has 0 bridgehead atoms. The van der Waals surface area contributed by atoms with Crippen LogP contribution in [-0.4, -0.2) is 17.0 Å². The molecule has 21 heavy (non-hydrogen) atoms. The second kappa shape index (κ2) is 6.07. The van der Waals surface area contributed by atoms with E-state index in [2.05, 4.69) is 5.32 Å². The first kappa shape index (κ1) is 14.6. The number of nitriles is 1. The van der Waals surface area contributed by atoms with Crippen molar-refractivity contribution >= 4 is 29.2 Å². The SMILES string of the molecule is N#Cc1ccc(C(=O)Nc2cc(Cl)cc(C(=O)O)c2)cc1. The molecule has 6 heteroatoms. The molecule has 0 aromatic heterocycles. The molecule has 0 saturated heterocycles. The Kier molecular flexibility index (Phi) is 4.21. The second-order valence-electron chi connectivity index (χ2n) is 4.18. The van der Waals surface area contributed by atoms with Crippen LogP contribution in [-0.2, 0) is 0 Å². The van der Waals surface area contributed by atoms with Gasteiger partial charge in [0.15, 0.2) is 0 Å². The van der Waals surface area contributed by atoms with E-state index >= 15 is 0 Å².